The highest BCUT2D eigenvalue weighted by Crippen LogP contribution is 2.29. The number of amides is 2. The van der Waals surface area contributed by atoms with Gasteiger partial charge < -0.3 is 10.2 Å². The molecule has 0 spiro atoms. The molecule has 0 unspecified atom stereocenters. The minimum atomic E-state index is -4.18. The minimum absolute atomic E-state index is 0.00688. The lowest BCUT2D eigenvalue weighted by Gasteiger charge is -2.37. The first kappa shape index (κ1) is 23.1. The molecule has 4 rings (SSSR count). The van der Waals surface area contributed by atoms with Crippen LogP contribution in [0, 0.1) is 29.4 Å². The molecule has 1 aliphatic carbocycles. The molecule has 1 N–H and O–H groups in total. The van der Waals surface area contributed by atoms with E-state index in [0.717, 1.165) is 42.1 Å². The minimum Gasteiger partial charge on any atom is -0.356 e. The van der Waals surface area contributed by atoms with Gasteiger partial charge in [0.2, 0.25) is 21.8 Å². The topological polar surface area (TPSA) is 86.8 Å². The van der Waals surface area contributed by atoms with Crippen LogP contribution < -0.4 is 5.32 Å². The molecule has 32 heavy (non-hydrogen) atoms. The second-order valence-electron chi connectivity index (χ2n) is 9.07. The van der Waals surface area contributed by atoms with E-state index >= 15 is 0 Å². The fraction of sp³-hybridized carbons (Fsp3) is 0.636. The van der Waals surface area contributed by atoms with Gasteiger partial charge in [-0.3, -0.25) is 9.59 Å². The number of hydrogen-bond acceptors (Lipinski definition) is 4. The number of carbonyl (C=O) groups is 2. The van der Waals surface area contributed by atoms with Gasteiger partial charge in [0.05, 0.1) is 5.92 Å². The van der Waals surface area contributed by atoms with Crippen molar-refractivity contribution in [2.24, 2.45) is 17.8 Å². The summed E-state index contributed by atoms with van der Waals surface area (Å²) >= 11 is 0. The maximum absolute atomic E-state index is 14.0. The summed E-state index contributed by atoms with van der Waals surface area (Å²) < 4.78 is 54.1. The third-order valence-electron chi connectivity index (χ3n) is 6.68. The SMILES string of the molecule is O=C(NCC1CC1)[C@H]1CCCN(C(=O)C2CCN(S(=O)(=O)c3cc(F)ccc3F)CC2)C1. The fourth-order valence-electron chi connectivity index (χ4n) is 4.52. The second-order valence-corrected chi connectivity index (χ2v) is 11.0. The Hall–Kier alpha value is -2.07. The molecule has 2 amide bonds. The van der Waals surface area contributed by atoms with Crippen LogP contribution in [0.2, 0.25) is 0 Å². The molecule has 0 aromatic heterocycles. The Labute approximate surface area is 187 Å². The predicted octanol–water partition coefficient (Wildman–Crippen LogP) is 2.13. The predicted molar refractivity (Wildman–Crippen MR) is 113 cm³/mol. The molecule has 3 aliphatic rings. The number of benzene rings is 1. The Morgan fingerprint density at radius 2 is 1.72 bits per heavy atom. The van der Waals surface area contributed by atoms with E-state index in [-0.39, 0.29) is 36.7 Å². The summed E-state index contributed by atoms with van der Waals surface area (Å²) in [6.07, 6.45) is 4.47. The van der Waals surface area contributed by atoms with Gasteiger partial charge in [0.15, 0.2) is 0 Å². The normalized spacial score (nSPS) is 23.2. The number of hydrogen-bond donors (Lipinski definition) is 1. The van der Waals surface area contributed by atoms with Gasteiger partial charge in [-0.05, 0) is 62.6 Å². The standard InChI is InChI=1S/C22H29F2N3O4S/c23-18-5-6-19(24)20(12-18)32(30,31)27-10-7-16(8-11-27)22(29)26-9-1-2-17(14-26)21(28)25-13-15-3-4-15/h5-6,12,15-17H,1-4,7-11,13-14H2,(H,25,28)/t17-/m0/s1. The lowest BCUT2D eigenvalue weighted by atomic mass is 9.92. The van der Waals surface area contributed by atoms with Crippen molar-refractivity contribution in [3.8, 4) is 0 Å². The van der Waals surface area contributed by atoms with Crippen LogP contribution in [0.15, 0.2) is 23.1 Å². The summed E-state index contributed by atoms with van der Waals surface area (Å²) in [5.41, 5.74) is 0. The van der Waals surface area contributed by atoms with Gasteiger partial charge in [-0.25, -0.2) is 17.2 Å². The molecule has 1 aromatic carbocycles. The van der Waals surface area contributed by atoms with E-state index in [4.69, 9.17) is 0 Å². The molecule has 0 bridgehead atoms. The van der Waals surface area contributed by atoms with Crippen LogP contribution in [0.25, 0.3) is 0 Å². The number of likely N-dealkylation sites (tertiary alicyclic amines) is 1. The molecule has 1 saturated carbocycles. The van der Waals surface area contributed by atoms with Gasteiger partial charge >= 0.3 is 0 Å². The van der Waals surface area contributed by atoms with Crippen molar-refractivity contribution in [2.75, 3.05) is 32.7 Å². The first-order valence-corrected chi connectivity index (χ1v) is 12.7. The van der Waals surface area contributed by atoms with Gasteiger partial charge in [0, 0.05) is 38.6 Å². The van der Waals surface area contributed by atoms with Crippen LogP contribution in [0.5, 0.6) is 0 Å². The largest absolute Gasteiger partial charge is 0.356 e. The van der Waals surface area contributed by atoms with Crippen molar-refractivity contribution >= 4 is 21.8 Å². The van der Waals surface area contributed by atoms with E-state index in [9.17, 15) is 26.8 Å². The third-order valence-corrected chi connectivity index (χ3v) is 8.59. The van der Waals surface area contributed by atoms with Crippen molar-refractivity contribution in [3.63, 3.8) is 0 Å². The number of halogens is 2. The average molecular weight is 470 g/mol. The van der Waals surface area contributed by atoms with E-state index in [2.05, 4.69) is 5.32 Å². The molecule has 0 radical (unpaired) electrons. The highest BCUT2D eigenvalue weighted by molar-refractivity contribution is 7.89. The van der Waals surface area contributed by atoms with Crippen LogP contribution in [0.4, 0.5) is 8.78 Å². The zero-order valence-corrected chi connectivity index (χ0v) is 18.8. The maximum atomic E-state index is 14.0. The monoisotopic (exact) mass is 469 g/mol. The summed E-state index contributed by atoms with van der Waals surface area (Å²) in [5.74, 6) is -1.82. The van der Waals surface area contributed by atoms with Crippen molar-refractivity contribution in [2.45, 2.75) is 43.4 Å². The van der Waals surface area contributed by atoms with Crippen molar-refractivity contribution in [1.82, 2.24) is 14.5 Å². The molecule has 176 valence electrons. The van der Waals surface area contributed by atoms with Gasteiger partial charge in [-0.2, -0.15) is 4.31 Å². The van der Waals surface area contributed by atoms with Crippen molar-refractivity contribution in [3.05, 3.63) is 29.8 Å². The number of piperidine rings is 2. The quantitative estimate of drug-likeness (QED) is 0.692. The van der Waals surface area contributed by atoms with Crippen LogP contribution in [0.1, 0.15) is 38.5 Å². The van der Waals surface area contributed by atoms with Gasteiger partial charge in [0.1, 0.15) is 16.5 Å². The summed E-state index contributed by atoms with van der Waals surface area (Å²) in [4.78, 5) is 26.5. The highest BCUT2D eigenvalue weighted by atomic mass is 32.2. The Morgan fingerprint density at radius 3 is 2.41 bits per heavy atom. The highest BCUT2D eigenvalue weighted by Gasteiger charge is 2.37. The first-order valence-electron chi connectivity index (χ1n) is 11.3. The Balaban J connectivity index is 1.32. The lowest BCUT2D eigenvalue weighted by Crippen LogP contribution is -2.49. The van der Waals surface area contributed by atoms with Gasteiger partial charge in [-0.15, -0.1) is 0 Å². The number of carbonyl (C=O) groups excluding carboxylic acids is 2. The number of rotatable bonds is 6. The molecular weight excluding hydrogens is 440 g/mol. The molecule has 2 saturated heterocycles. The molecule has 3 fully saturated rings. The molecule has 2 aliphatic heterocycles. The van der Waals surface area contributed by atoms with E-state index in [0.29, 0.717) is 44.5 Å². The van der Waals surface area contributed by atoms with Crippen molar-refractivity contribution in [1.29, 1.82) is 0 Å². The molecule has 2 heterocycles. The van der Waals surface area contributed by atoms with Gasteiger partial charge in [0.25, 0.3) is 0 Å². The first-order chi connectivity index (χ1) is 15.3. The summed E-state index contributed by atoms with van der Waals surface area (Å²) in [7, 11) is -4.18. The second kappa shape index (κ2) is 9.43. The van der Waals surface area contributed by atoms with E-state index < -0.39 is 26.6 Å². The lowest BCUT2D eigenvalue weighted by molar-refractivity contribution is -0.140. The fourth-order valence-corrected chi connectivity index (χ4v) is 6.06. The summed E-state index contributed by atoms with van der Waals surface area (Å²) in [6, 6.07) is 2.35. The number of sulfonamides is 1. The maximum Gasteiger partial charge on any atom is 0.246 e. The third kappa shape index (κ3) is 5.11. The molecule has 1 aromatic rings. The number of nitrogens with one attached hydrogen (secondary N) is 1. The van der Waals surface area contributed by atoms with Gasteiger partial charge in [-0.1, -0.05) is 0 Å². The zero-order chi connectivity index (χ0) is 22.9. The Bertz CT molecular complexity index is 975. The molecular formula is C22H29F2N3O4S. The number of nitrogens with zero attached hydrogens (tertiary/aromatic N) is 2. The van der Waals surface area contributed by atoms with Crippen molar-refractivity contribution < 1.29 is 26.8 Å². The van der Waals surface area contributed by atoms with Crippen LogP contribution in [-0.2, 0) is 19.6 Å². The molecule has 7 nitrogen and oxygen atoms in total. The Morgan fingerprint density at radius 1 is 1.00 bits per heavy atom. The zero-order valence-electron chi connectivity index (χ0n) is 17.9. The summed E-state index contributed by atoms with van der Waals surface area (Å²) in [6.45, 7) is 1.82. The van der Waals surface area contributed by atoms with E-state index in [1.54, 1.807) is 4.90 Å². The smallest absolute Gasteiger partial charge is 0.246 e. The molecule has 10 heteroatoms. The van der Waals surface area contributed by atoms with E-state index in [1.807, 2.05) is 0 Å². The van der Waals surface area contributed by atoms with E-state index in [1.165, 1.54) is 0 Å². The Kier molecular flexibility index (Phi) is 6.80. The van der Waals surface area contributed by atoms with Crippen LogP contribution >= 0.6 is 0 Å². The van der Waals surface area contributed by atoms with Crippen LogP contribution in [0.3, 0.4) is 0 Å². The summed E-state index contributed by atoms with van der Waals surface area (Å²) in [5, 5.41) is 2.99. The molecule has 1 atom stereocenters. The average Bonchev–Trinajstić information content (AvgIpc) is 3.63. The van der Waals surface area contributed by atoms with Crippen LogP contribution in [-0.4, -0.2) is 62.2 Å².